The zero-order chi connectivity index (χ0) is 11.2. The number of hydrogen-bond donors (Lipinski definition) is 1. The van der Waals surface area contributed by atoms with Crippen LogP contribution in [0.25, 0.3) is 0 Å². The molecule has 0 saturated heterocycles. The number of hydrogen-bond acceptors (Lipinski definition) is 2. The topological polar surface area (TPSA) is 46.5 Å². The van der Waals surface area contributed by atoms with Gasteiger partial charge in [0.15, 0.2) is 0 Å². The van der Waals surface area contributed by atoms with Crippen molar-refractivity contribution in [3.05, 3.63) is 27.7 Å². The first-order valence-electron chi connectivity index (χ1n) is 4.74. The molecule has 0 aliphatic carbocycles. The predicted octanol–water partition coefficient (Wildman–Crippen LogP) is 3.03. The number of rotatable bonds is 1. The summed E-state index contributed by atoms with van der Waals surface area (Å²) in [5.74, 6) is 0.0980. The summed E-state index contributed by atoms with van der Waals surface area (Å²) in [6.45, 7) is 4.02. The second kappa shape index (κ2) is 3.52. The van der Waals surface area contributed by atoms with E-state index in [0.717, 1.165) is 11.3 Å². The highest BCUT2D eigenvalue weighted by Crippen LogP contribution is 2.43. The van der Waals surface area contributed by atoms with Crippen LogP contribution in [-0.4, -0.2) is 17.2 Å². The minimum atomic E-state index is -0.912. The molecule has 1 aromatic carbocycles. The average Bonchev–Trinajstić information content (AvgIpc) is 2.45. The molecule has 0 amide bonds. The van der Waals surface area contributed by atoms with Gasteiger partial charge in [-0.25, -0.2) is 4.79 Å². The van der Waals surface area contributed by atoms with E-state index in [2.05, 4.69) is 15.9 Å². The van der Waals surface area contributed by atoms with Crippen molar-refractivity contribution in [2.45, 2.75) is 25.9 Å². The van der Waals surface area contributed by atoms with Gasteiger partial charge in [0.25, 0.3) is 0 Å². The number of ether oxygens (including phenoxy) is 1. The number of fused-ring (bicyclic) bond motifs is 1. The lowest BCUT2D eigenvalue weighted by molar-refractivity contribution is 0.0696. The third-order valence-electron chi connectivity index (χ3n) is 2.82. The van der Waals surface area contributed by atoms with Crippen LogP contribution in [0.4, 0.5) is 0 Å². The summed E-state index contributed by atoms with van der Waals surface area (Å²) in [4.78, 5) is 10.9. The molecule has 0 bridgehead atoms. The molecule has 15 heavy (non-hydrogen) atoms. The molecule has 1 aliphatic heterocycles. The molecule has 1 N–H and O–H groups in total. The first kappa shape index (κ1) is 10.5. The van der Waals surface area contributed by atoms with Crippen molar-refractivity contribution in [1.29, 1.82) is 0 Å². The molecule has 2 atom stereocenters. The van der Waals surface area contributed by atoms with E-state index in [0.29, 0.717) is 10.0 Å². The molecule has 0 spiro atoms. The van der Waals surface area contributed by atoms with E-state index in [1.807, 2.05) is 13.8 Å². The van der Waals surface area contributed by atoms with Gasteiger partial charge in [-0.3, -0.25) is 0 Å². The maximum Gasteiger partial charge on any atom is 0.335 e. The van der Waals surface area contributed by atoms with Crippen molar-refractivity contribution in [1.82, 2.24) is 0 Å². The minimum Gasteiger partial charge on any atom is -0.489 e. The Balaban J connectivity index is 2.57. The van der Waals surface area contributed by atoms with Gasteiger partial charge in [-0.2, -0.15) is 0 Å². The highest BCUT2D eigenvalue weighted by atomic mass is 79.9. The molecule has 0 unspecified atom stereocenters. The molecule has 0 radical (unpaired) electrons. The Morgan fingerprint density at radius 2 is 2.13 bits per heavy atom. The Morgan fingerprint density at radius 1 is 1.47 bits per heavy atom. The van der Waals surface area contributed by atoms with Gasteiger partial charge in [0.2, 0.25) is 0 Å². The Hall–Kier alpha value is -1.03. The molecule has 0 fully saturated rings. The van der Waals surface area contributed by atoms with Gasteiger partial charge in [0.1, 0.15) is 11.9 Å². The van der Waals surface area contributed by atoms with E-state index in [1.54, 1.807) is 12.1 Å². The Morgan fingerprint density at radius 3 is 2.73 bits per heavy atom. The molecule has 0 saturated carbocycles. The number of carboxylic acid groups (broad SMARTS) is 1. The van der Waals surface area contributed by atoms with Crippen molar-refractivity contribution in [3.63, 3.8) is 0 Å². The van der Waals surface area contributed by atoms with Gasteiger partial charge in [-0.05, 0) is 35.0 Å². The summed E-state index contributed by atoms with van der Waals surface area (Å²) in [5, 5.41) is 8.93. The molecule has 2 rings (SSSR count). The minimum absolute atomic E-state index is 0.0975. The summed E-state index contributed by atoms with van der Waals surface area (Å²) in [5.41, 5.74) is 1.26. The van der Waals surface area contributed by atoms with Crippen LogP contribution >= 0.6 is 15.9 Å². The van der Waals surface area contributed by atoms with Crippen molar-refractivity contribution in [3.8, 4) is 5.75 Å². The van der Waals surface area contributed by atoms with Gasteiger partial charge in [-0.1, -0.05) is 6.92 Å². The second-order valence-corrected chi connectivity index (χ2v) is 4.65. The summed E-state index contributed by atoms with van der Waals surface area (Å²) in [6, 6.07) is 3.27. The number of carboxylic acids is 1. The molecule has 1 heterocycles. The Labute approximate surface area is 96.2 Å². The maximum atomic E-state index is 10.9. The lowest BCUT2D eigenvalue weighted by atomic mass is 9.97. The molecule has 1 aromatic rings. The quantitative estimate of drug-likeness (QED) is 0.853. The van der Waals surface area contributed by atoms with Crippen LogP contribution in [0, 0.1) is 0 Å². The fourth-order valence-corrected chi connectivity index (χ4v) is 2.31. The van der Waals surface area contributed by atoms with Gasteiger partial charge in [0, 0.05) is 11.5 Å². The Bertz CT molecular complexity index is 428. The standard InChI is InChI=1S/C11H11BrO3/c1-5-6(2)15-10-8(5)3-7(11(13)14)4-9(10)12/h3-6H,1-2H3,(H,13,14)/t5-,6-/m0/s1. The van der Waals surface area contributed by atoms with E-state index >= 15 is 0 Å². The predicted molar refractivity (Wildman–Crippen MR) is 59.6 cm³/mol. The largest absolute Gasteiger partial charge is 0.489 e. The van der Waals surface area contributed by atoms with E-state index < -0.39 is 5.97 Å². The molecular weight excluding hydrogens is 260 g/mol. The van der Waals surface area contributed by atoms with Gasteiger partial charge >= 0.3 is 5.97 Å². The van der Waals surface area contributed by atoms with Gasteiger partial charge in [-0.15, -0.1) is 0 Å². The van der Waals surface area contributed by atoms with E-state index in [-0.39, 0.29) is 12.0 Å². The third kappa shape index (κ3) is 1.63. The van der Waals surface area contributed by atoms with Crippen LogP contribution in [0.15, 0.2) is 16.6 Å². The molecule has 3 nitrogen and oxygen atoms in total. The summed E-state index contributed by atoms with van der Waals surface area (Å²) < 4.78 is 6.36. The lowest BCUT2D eigenvalue weighted by Crippen LogP contribution is -2.10. The van der Waals surface area contributed by atoms with Crippen LogP contribution < -0.4 is 4.74 Å². The zero-order valence-corrected chi connectivity index (χ0v) is 10.0. The second-order valence-electron chi connectivity index (χ2n) is 3.79. The van der Waals surface area contributed by atoms with Crippen LogP contribution in [0.5, 0.6) is 5.75 Å². The maximum absolute atomic E-state index is 10.9. The lowest BCUT2D eigenvalue weighted by Gasteiger charge is -2.07. The van der Waals surface area contributed by atoms with Crippen LogP contribution in [0.1, 0.15) is 35.7 Å². The van der Waals surface area contributed by atoms with Crippen LogP contribution in [0.3, 0.4) is 0 Å². The number of aromatic carboxylic acids is 1. The molecule has 0 aromatic heterocycles. The highest BCUT2D eigenvalue weighted by Gasteiger charge is 2.30. The number of benzene rings is 1. The summed E-state index contributed by atoms with van der Waals surface area (Å²) in [6.07, 6.45) is 0.0975. The first-order chi connectivity index (χ1) is 7.00. The van der Waals surface area contributed by atoms with Gasteiger partial charge in [0.05, 0.1) is 10.0 Å². The van der Waals surface area contributed by atoms with E-state index in [9.17, 15) is 4.79 Å². The Kier molecular flexibility index (Phi) is 2.46. The summed E-state index contributed by atoms with van der Waals surface area (Å²) >= 11 is 3.33. The van der Waals surface area contributed by atoms with Crippen molar-refractivity contribution in [2.75, 3.05) is 0 Å². The highest BCUT2D eigenvalue weighted by molar-refractivity contribution is 9.10. The number of carbonyl (C=O) groups is 1. The third-order valence-corrected chi connectivity index (χ3v) is 3.41. The summed E-state index contributed by atoms with van der Waals surface area (Å²) in [7, 11) is 0. The monoisotopic (exact) mass is 270 g/mol. The molecule has 1 aliphatic rings. The molecule has 80 valence electrons. The van der Waals surface area contributed by atoms with Gasteiger partial charge < -0.3 is 9.84 Å². The van der Waals surface area contributed by atoms with E-state index in [4.69, 9.17) is 9.84 Å². The SMILES string of the molecule is C[C@@H]1Oc2c(Br)cc(C(=O)O)cc2[C@H]1C. The van der Waals surface area contributed by atoms with Crippen LogP contribution in [-0.2, 0) is 0 Å². The smallest absolute Gasteiger partial charge is 0.335 e. The zero-order valence-electron chi connectivity index (χ0n) is 8.45. The normalized spacial score (nSPS) is 23.4. The number of halogens is 1. The van der Waals surface area contributed by atoms with Crippen molar-refractivity contribution >= 4 is 21.9 Å². The fourth-order valence-electron chi connectivity index (χ4n) is 1.74. The van der Waals surface area contributed by atoms with E-state index in [1.165, 1.54) is 0 Å². The molecule has 4 heteroatoms. The van der Waals surface area contributed by atoms with Crippen LogP contribution in [0.2, 0.25) is 0 Å². The van der Waals surface area contributed by atoms with Crippen molar-refractivity contribution in [2.24, 2.45) is 0 Å². The molecular formula is C11H11BrO3. The van der Waals surface area contributed by atoms with Crippen molar-refractivity contribution < 1.29 is 14.6 Å². The average molecular weight is 271 g/mol. The first-order valence-corrected chi connectivity index (χ1v) is 5.53. The fraction of sp³-hybridized carbons (Fsp3) is 0.364.